The van der Waals surface area contributed by atoms with E-state index in [1.54, 1.807) is 18.5 Å². The average molecular weight is 550 g/mol. The van der Waals surface area contributed by atoms with Gasteiger partial charge in [-0.05, 0) is 67.4 Å². The highest BCUT2D eigenvalue weighted by atomic mass is 32.2. The second-order valence-corrected chi connectivity index (χ2v) is 12.0. The molecular formula is C29H32FN5O3S. The van der Waals surface area contributed by atoms with Gasteiger partial charge < -0.3 is 15.4 Å². The van der Waals surface area contributed by atoms with Crippen LogP contribution >= 0.6 is 0 Å². The van der Waals surface area contributed by atoms with Crippen molar-refractivity contribution in [1.29, 1.82) is 0 Å². The Morgan fingerprint density at radius 1 is 1.08 bits per heavy atom. The fourth-order valence-corrected chi connectivity index (χ4v) is 6.27. The summed E-state index contributed by atoms with van der Waals surface area (Å²) in [5.41, 5.74) is 2.93. The standard InChI is InChI=1S/C29H32FN5O3S/c1-20-10-11-23-21(19-39(36,37)17-5-13-30)6-2-8-24(23)27(20)38-28-25(9-4-15-32-28)26-12-16-33-29(35-26)34-22-7-3-14-31-18-22/h2,4,6,8-12,15-16,22,31H,3,5,7,13-14,17-19H2,1H3,(H,33,34,35)/t22-/m0/s1. The normalized spacial score (nSPS) is 15.8. The van der Waals surface area contributed by atoms with Crippen molar-refractivity contribution in [3.63, 3.8) is 0 Å². The van der Waals surface area contributed by atoms with Gasteiger partial charge in [-0.1, -0.05) is 30.3 Å². The van der Waals surface area contributed by atoms with Crippen molar-refractivity contribution in [2.75, 3.05) is 30.8 Å². The van der Waals surface area contributed by atoms with Crippen LogP contribution in [0.5, 0.6) is 11.6 Å². The number of nitrogens with one attached hydrogen (secondary N) is 2. The molecule has 2 aromatic carbocycles. The number of piperidine rings is 1. The molecule has 0 radical (unpaired) electrons. The van der Waals surface area contributed by atoms with Crippen molar-refractivity contribution < 1.29 is 17.5 Å². The molecule has 1 aliphatic heterocycles. The molecule has 3 heterocycles. The second kappa shape index (κ2) is 12.0. The minimum Gasteiger partial charge on any atom is -0.437 e. The van der Waals surface area contributed by atoms with Crippen LogP contribution in [0.3, 0.4) is 0 Å². The average Bonchev–Trinajstić information content (AvgIpc) is 2.94. The quantitative estimate of drug-likeness (QED) is 0.277. The SMILES string of the molecule is Cc1ccc2c(CS(=O)(=O)CCCF)cccc2c1Oc1ncccc1-c1ccnc(N[C@H]2CCCNC2)n1. The van der Waals surface area contributed by atoms with Crippen molar-refractivity contribution in [2.24, 2.45) is 0 Å². The van der Waals surface area contributed by atoms with Crippen molar-refractivity contribution in [3.8, 4) is 22.9 Å². The van der Waals surface area contributed by atoms with Gasteiger partial charge in [0.2, 0.25) is 11.8 Å². The molecule has 204 valence electrons. The fourth-order valence-electron chi connectivity index (χ4n) is 4.85. The molecule has 5 rings (SSSR count). The number of pyridine rings is 1. The molecule has 2 aromatic heterocycles. The smallest absolute Gasteiger partial charge is 0.228 e. The minimum atomic E-state index is -3.45. The molecule has 0 saturated carbocycles. The molecule has 1 atom stereocenters. The number of benzene rings is 2. The molecule has 1 fully saturated rings. The Morgan fingerprint density at radius 2 is 1.97 bits per heavy atom. The molecule has 1 saturated heterocycles. The van der Waals surface area contributed by atoms with Crippen LogP contribution in [0.4, 0.5) is 10.3 Å². The van der Waals surface area contributed by atoms with E-state index in [9.17, 15) is 12.8 Å². The van der Waals surface area contributed by atoms with E-state index in [0.717, 1.165) is 42.3 Å². The molecule has 0 spiro atoms. The number of aryl methyl sites for hydroxylation is 1. The summed E-state index contributed by atoms with van der Waals surface area (Å²) in [6.07, 6.45) is 5.54. The van der Waals surface area contributed by atoms with Gasteiger partial charge in [-0.25, -0.2) is 23.4 Å². The molecule has 0 bridgehead atoms. The van der Waals surface area contributed by atoms with E-state index in [-0.39, 0.29) is 24.0 Å². The van der Waals surface area contributed by atoms with Crippen LogP contribution in [-0.2, 0) is 15.6 Å². The maximum absolute atomic E-state index is 12.6. The summed E-state index contributed by atoms with van der Waals surface area (Å²) in [7, 11) is -3.45. The summed E-state index contributed by atoms with van der Waals surface area (Å²) in [6.45, 7) is 3.18. The molecule has 0 amide bonds. The van der Waals surface area contributed by atoms with Crippen LogP contribution in [0.1, 0.15) is 30.4 Å². The second-order valence-electron chi connectivity index (χ2n) is 9.77. The van der Waals surface area contributed by atoms with Gasteiger partial charge >= 0.3 is 0 Å². The van der Waals surface area contributed by atoms with E-state index in [4.69, 9.17) is 9.72 Å². The van der Waals surface area contributed by atoms with Crippen LogP contribution in [-0.4, -0.2) is 54.9 Å². The summed E-state index contributed by atoms with van der Waals surface area (Å²) in [5.74, 6) is 1.19. The van der Waals surface area contributed by atoms with Crippen LogP contribution in [0, 0.1) is 6.92 Å². The van der Waals surface area contributed by atoms with Gasteiger partial charge in [-0.2, -0.15) is 0 Å². The number of hydrogen-bond acceptors (Lipinski definition) is 8. The number of hydrogen-bond donors (Lipinski definition) is 2. The maximum Gasteiger partial charge on any atom is 0.228 e. The Bertz CT molecular complexity index is 1560. The summed E-state index contributed by atoms with van der Waals surface area (Å²) in [5, 5.41) is 8.35. The Kier molecular flexibility index (Phi) is 8.33. The van der Waals surface area contributed by atoms with Gasteiger partial charge in [0.1, 0.15) is 5.75 Å². The minimum absolute atomic E-state index is 0.000836. The highest BCUT2D eigenvalue weighted by Crippen LogP contribution is 2.37. The lowest BCUT2D eigenvalue weighted by Crippen LogP contribution is -2.38. The zero-order valence-corrected chi connectivity index (χ0v) is 22.7. The number of sulfone groups is 1. The predicted octanol–water partition coefficient (Wildman–Crippen LogP) is 5.23. The number of fused-ring (bicyclic) bond motifs is 1. The summed E-state index contributed by atoms with van der Waals surface area (Å²) < 4.78 is 44.2. The van der Waals surface area contributed by atoms with E-state index in [0.29, 0.717) is 34.4 Å². The maximum atomic E-state index is 12.6. The molecule has 0 unspecified atom stereocenters. The van der Waals surface area contributed by atoms with Crippen LogP contribution in [0.25, 0.3) is 22.0 Å². The number of anilines is 1. The largest absolute Gasteiger partial charge is 0.437 e. The van der Waals surface area contributed by atoms with E-state index in [1.165, 1.54) is 0 Å². The summed E-state index contributed by atoms with van der Waals surface area (Å²) >= 11 is 0. The first-order valence-electron chi connectivity index (χ1n) is 13.1. The molecule has 8 nitrogen and oxygen atoms in total. The first-order chi connectivity index (χ1) is 18.9. The number of ether oxygens (including phenoxy) is 1. The van der Waals surface area contributed by atoms with Crippen LogP contribution in [0.2, 0.25) is 0 Å². The lowest BCUT2D eigenvalue weighted by atomic mass is 10.0. The Labute approximate surface area is 228 Å². The van der Waals surface area contributed by atoms with Crippen molar-refractivity contribution in [3.05, 3.63) is 72.1 Å². The zero-order chi connectivity index (χ0) is 27.2. The van der Waals surface area contributed by atoms with Crippen LogP contribution in [0.15, 0.2) is 60.9 Å². The monoisotopic (exact) mass is 549 g/mol. The van der Waals surface area contributed by atoms with Crippen LogP contribution < -0.4 is 15.4 Å². The van der Waals surface area contributed by atoms with E-state index in [1.807, 2.05) is 49.4 Å². The van der Waals surface area contributed by atoms with Gasteiger partial charge in [0, 0.05) is 30.4 Å². The number of rotatable bonds is 10. The van der Waals surface area contributed by atoms with Crippen molar-refractivity contribution >= 4 is 26.6 Å². The Morgan fingerprint density at radius 3 is 2.79 bits per heavy atom. The molecule has 10 heteroatoms. The molecule has 2 N–H and O–H groups in total. The van der Waals surface area contributed by atoms with Crippen molar-refractivity contribution in [1.82, 2.24) is 20.3 Å². The fraction of sp³-hybridized carbons (Fsp3) is 0.345. The third-order valence-electron chi connectivity index (χ3n) is 6.80. The first kappa shape index (κ1) is 27.0. The molecular weight excluding hydrogens is 517 g/mol. The van der Waals surface area contributed by atoms with E-state index in [2.05, 4.69) is 20.6 Å². The van der Waals surface area contributed by atoms with Gasteiger partial charge in [0.25, 0.3) is 0 Å². The van der Waals surface area contributed by atoms with E-state index < -0.39 is 16.5 Å². The lowest BCUT2D eigenvalue weighted by Gasteiger charge is -2.23. The molecule has 1 aliphatic rings. The predicted molar refractivity (Wildman–Crippen MR) is 152 cm³/mol. The summed E-state index contributed by atoms with van der Waals surface area (Å²) in [4.78, 5) is 13.7. The number of aromatic nitrogens is 3. The molecule has 4 aromatic rings. The number of nitrogens with zero attached hydrogens (tertiary/aromatic N) is 3. The molecule has 39 heavy (non-hydrogen) atoms. The van der Waals surface area contributed by atoms with Gasteiger partial charge in [0.05, 0.1) is 29.4 Å². The number of alkyl halides is 1. The Balaban J connectivity index is 1.47. The van der Waals surface area contributed by atoms with Gasteiger partial charge in [-0.3, -0.25) is 4.39 Å². The molecule has 0 aliphatic carbocycles. The summed E-state index contributed by atoms with van der Waals surface area (Å²) in [6, 6.07) is 15.1. The third-order valence-corrected chi connectivity index (χ3v) is 8.46. The topological polar surface area (TPSA) is 106 Å². The zero-order valence-electron chi connectivity index (χ0n) is 21.9. The Hall–Kier alpha value is -3.63. The van der Waals surface area contributed by atoms with Crippen molar-refractivity contribution in [2.45, 2.75) is 38.0 Å². The lowest BCUT2D eigenvalue weighted by molar-refractivity contribution is 0.466. The van der Waals surface area contributed by atoms with E-state index >= 15 is 0 Å². The highest BCUT2D eigenvalue weighted by molar-refractivity contribution is 7.90. The van der Waals surface area contributed by atoms with Gasteiger partial charge in [-0.15, -0.1) is 0 Å². The van der Waals surface area contributed by atoms with Gasteiger partial charge in [0.15, 0.2) is 9.84 Å². The first-order valence-corrected chi connectivity index (χ1v) is 15.0. The highest BCUT2D eigenvalue weighted by Gasteiger charge is 2.19. The third kappa shape index (κ3) is 6.51. The number of halogens is 1.